The highest BCUT2D eigenvalue weighted by molar-refractivity contribution is 5.94. The first-order chi connectivity index (χ1) is 8.56. The number of hydrogen-bond acceptors (Lipinski definition) is 3. The van der Waals surface area contributed by atoms with Crippen LogP contribution < -0.4 is 16.5 Å². The molecule has 98 valence electrons. The molecule has 1 heterocycles. The van der Waals surface area contributed by atoms with Crippen molar-refractivity contribution in [3.8, 4) is 0 Å². The van der Waals surface area contributed by atoms with E-state index in [2.05, 4.69) is 10.3 Å². The summed E-state index contributed by atoms with van der Waals surface area (Å²) < 4.78 is 0. The second-order valence-electron chi connectivity index (χ2n) is 5.04. The molecule has 4 N–H and O–H groups in total. The van der Waals surface area contributed by atoms with E-state index in [1.807, 2.05) is 0 Å². The Morgan fingerprint density at radius 1 is 1.50 bits per heavy atom. The molecule has 1 saturated carbocycles. The molecule has 0 aliphatic heterocycles. The van der Waals surface area contributed by atoms with Crippen LogP contribution in [0.4, 0.5) is 0 Å². The number of hydrogen-bond donors (Lipinski definition) is 3. The van der Waals surface area contributed by atoms with Crippen LogP contribution in [0.3, 0.4) is 0 Å². The Kier molecular flexibility index (Phi) is 3.52. The molecule has 0 aromatic carbocycles. The molecule has 0 bridgehead atoms. The third-order valence-corrected chi connectivity index (χ3v) is 3.63. The van der Waals surface area contributed by atoms with Gasteiger partial charge in [-0.1, -0.05) is 12.8 Å². The quantitative estimate of drug-likeness (QED) is 0.736. The van der Waals surface area contributed by atoms with Gasteiger partial charge in [0.25, 0.3) is 5.91 Å². The van der Waals surface area contributed by atoms with Gasteiger partial charge in [0.1, 0.15) is 5.56 Å². The fraction of sp³-hybridized carbons (Fsp3) is 0.538. The van der Waals surface area contributed by atoms with E-state index in [-0.39, 0.29) is 22.4 Å². The smallest absolute Gasteiger partial charge is 0.257 e. The summed E-state index contributed by atoms with van der Waals surface area (Å²) in [6.45, 7) is 2.20. The normalized spacial score (nSPS) is 17.7. The minimum atomic E-state index is -0.330. The molecule has 1 aliphatic carbocycles. The molecule has 2 rings (SSSR count). The Hall–Kier alpha value is -1.62. The van der Waals surface area contributed by atoms with Gasteiger partial charge in [-0.05, 0) is 19.8 Å². The number of amides is 1. The number of rotatable bonds is 3. The number of carbonyl (C=O) groups excluding carboxylic acids is 1. The van der Waals surface area contributed by atoms with Crippen molar-refractivity contribution in [3.05, 3.63) is 33.7 Å². The molecular formula is C13H19N3O2. The zero-order chi connectivity index (χ0) is 13.2. The van der Waals surface area contributed by atoms with E-state index in [9.17, 15) is 9.59 Å². The van der Waals surface area contributed by atoms with Gasteiger partial charge in [0.15, 0.2) is 5.43 Å². The lowest BCUT2D eigenvalue weighted by atomic mass is 9.97. The van der Waals surface area contributed by atoms with Gasteiger partial charge in [0.05, 0.1) is 5.54 Å². The molecule has 1 aromatic rings. The minimum absolute atomic E-state index is 0.153. The Morgan fingerprint density at radius 3 is 2.72 bits per heavy atom. The molecule has 0 saturated heterocycles. The Bertz CT molecular complexity index is 501. The average molecular weight is 249 g/mol. The van der Waals surface area contributed by atoms with Gasteiger partial charge < -0.3 is 16.0 Å². The number of aryl methyl sites for hydroxylation is 1. The summed E-state index contributed by atoms with van der Waals surface area (Å²) in [6.07, 6.45) is 5.38. The molecule has 1 aromatic heterocycles. The number of carbonyl (C=O) groups is 1. The number of aromatic amines is 1. The minimum Gasteiger partial charge on any atom is -0.364 e. The monoisotopic (exact) mass is 249 g/mol. The predicted octanol–water partition coefficient (Wildman–Crippen LogP) is 0.685. The third kappa shape index (κ3) is 2.46. The van der Waals surface area contributed by atoms with E-state index in [4.69, 9.17) is 5.73 Å². The first-order valence-corrected chi connectivity index (χ1v) is 6.28. The van der Waals surface area contributed by atoms with Crippen molar-refractivity contribution in [2.24, 2.45) is 5.73 Å². The molecule has 0 spiro atoms. The van der Waals surface area contributed by atoms with Crippen molar-refractivity contribution in [3.63, 3.8) is 0 Å². The van der Waals surface area contributed by atoms with Gasteiger partial charge in [-0.2, -0.15) is 0 Å². The van der Waals surface area contributed by atoms with E-state index in [0.717, 1.165) is 31.4 Å². The summed E-state index contributed by atoms with van der Waals surface area (Å²) in [7, 11) is 0. The lowest BCUT2D eigenvalue weighted by molar-refractivity contribution is 0.0901. The highest BCUT2D eigenvalue weighted by atomic mass is 16.2. The Morgan fingerprint density at radius 2 is 2.17 bits per heavy atom. The molecule has 0 atom stereocenters. The van der Waals surface area contributed by atoms with Crippen LogP contribution in [0.5, 0.6) is 0 Å². The van der Waals surface area contributed by atoms with Crippen LogP contribution in [0, 0.1) is 6.92 Å². The molecule has 1 aliphatic rings. The van der Waals surface area contributed by atoms with Crippen LogP contribution in [-0.2, 0) is 0 Å². The standard InChI is InChI=1S/C13H19N3O2/c1-9-6-11(17)10(7-15-9)12(18)16-13(8-14)4-2-3-5-13/h6-7H,2-5,8,14H2,1H3,(H,15,17)(H,16,18). The van der Waals surface area contributed by atoms with Gasteiger partial charge in [-0.25, -0.2) is 0 Å². The van der Waals surface area contributed by atoms with E-state index < -0.39 is 0 Å². The van der Waals surface area contributed by atoms with E-state index in [1.165, 1.54) is 12.3 Å². The summed E-state index contributed by atoms with van der Waals surface area (Å²) in [5.74, 6) is -0.330. The molecule has 5 nitrogen and oxygen atoms in total. The second kappa shape index (κ2) is 4.94. The molecule has 1 fully saturated rings. The second-order valence-corrected chi connectivity index (χ2v) is 5.04. The lowest BCUT2D eigenvalue weighted by Gasteiger charge is -2.28. The maximum Gasteiger partial charge on any atom is 0.257 e. The summed E-state index contributed by atoms with van der Waals surface area (Å²) >= 11 is 0. The molecule has 5 heteroatoms. The fourth-order valence-electron chi connectivity index (χ4n) is 2.49. The molecule has 18 heavy (non-hydrogen) atoms. The van der Waals surface area contributed by atoms with Gasteiger partial charge in [-0.15, -0.1) is 0 Å². The van der Waals surface area contributed by atoms with Crippen molar-refractivity contribution < 1.29 is 4.79 Å². The van der Waals surface area contributed by atoms with Crippen LogP contribution in [-0.4, -0.2) is 23.0 Å². The fourth-order valence-corrected chi connectivity index (χ4v) is 2.49. The Balaban J connectivity index is 2.19. The molecule has 0 unspecified atom stereocenters. The van der Waals surface area contributed by atoms with Crippen molar-refractivity contribution in [1.29, 1.82) is 0 Å². The van der Waals surface area contributed by atoms with Gasteiger partial charge in [0.2, 0.25) is 0 Å². The largest absolute Gasteiger partial charge is 0.364 e. The van der Waals surface area contributed by atoms with Crippen molar-refractivity contribution in [2.75, 3.05) is 6.54 Å². The van der Waals surface area contributed by atoms with E-state index in [1.54, 1.807) is 6.92 Å². The first-order valence-electron chi connectivity index (χ1n) is 6.28. The number of aromatic nitrogens is 1. The van der Waals surface area contributed by atoms with Gasteiger partial charge in [-0.3, -0.25) is 9.59 Å². The van der Waals surface area contributed by atoms with E-state index >= 15 is 0 Å². The maximum absolute atomic E-state index is 12.1. The number of nitrogens with one attached hydrogen (secondary N) is 2. The van der Waals surface area contributed by atoms with Crippen LogP contribution >= 0.6 is 0 Å². The zero-order valence-corrected chi connectivity index (χ0v) is 10.6. The average Bonchev–Trinajstić information content (AvgIpc) is 2.78. The van der Waals surface area contributed by atoms with Crippen LogP contribution in [0.2, 0.25) is 0 Å². The van der Waals surface area contributed by atoms with Crippen LogP contribution in [0.1, 0.15) is 41.7 Å². The number of H-pyrrole nitrogens is 1. The lowest BCUT2D eigenvalue weighted by Crippen LogP contribution is -2.52. The van der Waals surface area contributed by atoms with E-state index in [0.29, 0.717) is 6.54 Å². The predicted molar refractivity (Wildman–Crippen MR) is 69.5 cm³/mol. The summed E-state index contributed by atoms with van der Waals surface area (Å²) in [6, 6.07) is 1.43. The number of nitrogens with two attached hydrogens (primary N) is 1. The van der Waals surface area contributed by atoms with Crippen molar-refractivity contribution in [2.45, 2.75) is 38.1 Å². The van der Waals surface area contributed by atoms with Gasteiger partial charge in [0, 0.05) is 24.5 Å². The summed E-state index contributed by atoms with van der Waals surface area (Å²) in [5, 5.41) is 2.93. The summed E-state index contributed by atoms with van der Waals surface area (Å²) in [5.41, 5.74) is 6.07. The topological polar surface area (TPSA) is 88.0 Å². The molecule has 1 amide bonds. The maximum atomic E-state index is 12.1. The summed E-state index contributed by atoms with van der Waals surface area (Å²) in [4.78, 5) is 26.7. The van der Waals surface area contributed by atoms with Crippen LogP contribution in [0.15, 0.2) is 17.1 Å². The van der Waals surface area contributed by atoms with Gasteiger partial charge >= 0.3 is 0 Å². The number of pyridine rings is 1. The Labute approximate surface area is 106 Å². The zero-order valence-electron chi connectivity index (χ0n) is 10.6. The molecular weight excluding hydrogens is 230 g/mol. The molecule has 0 radical (unpaired) electrons. The van der Waals surface area contributed by atoms with Crippen molar-refractivity contribution >= 4 is 5.91 Å². The highest BCUT2D eigenvalue weighted by Gasteiger charge is 2.34. The highest BCUT2D eigenvalue weighted by Crippen LogP contribution is 2.28. The SMILES string of the molecule is Cc1cc(=O)c(C(=O)NC2(CN)CCCC2)c[nH]1. The third-order valence-electron chi connectivity index (χ3n) is 3.63. The van der Waals surface area contributed by atoms with Crippen LogP contribution in [0.25, 0.3) is 0 Å². The first kappa shape index (κ1) is 12.8. The van der Waals surface area contributed by atoms with Crippen molar-refractivity contribution in [1.82, 2.24) is 10.3 Å².